The molecule has 2 atom stereocenters. The summed E-state index contributed by atoms with van der Waals surface area (Å²) in [4.78, 5) is 18.8. The molecule has 2 aromatic heterocycles. The van der Waals surface area contributed by atoms with Gasteiger partial charge in [0.05, 0.1) is 24.4 Å². The average Bonchev–Trinajstić information content (AvgIpc) is 3.24. The molecule has 1 aliphatic heterocycles. The van der Waals surface area contributed by atoms with Crippen LogP contribution in [0.2, 0.25) is 0 Å². The molecule has 3 heterocycles. The number of ether oxygens (including phenoxy) is 1. The summed E-state index contributed by atoms with van der Waals surface area (Å²) in [5, 5.41) is 8.52. The summed E-state index contributed by atoms with van der Waals surface area (Å²) in [6.07, 6.45) is 4.90. The molecule has 0 bridgehead atoms. The summed E-state index contributed by atoms with van der Waals surface area (Å²) in [6.45, 7) is 4.54. The molecule has 124 valence electrons. The van der Waals surface area contributed by atoms with E-state index in [2.05, 4.69) is 15.2 Å². The highest BCUT2D eigenvalue weighted by molar-refractivity contribution is 5.80. The van der Waals surface area contributed by atoms with Crippen LogP contribution in [0.25, 0.3) is 0 Å². The first-order valence-electron chi connectivity index (χ1n) is 7.76. The Bertz CT molecular complexity index is 693. The van der Waals surface area contributed by atoms with Gasteiger partial charge < -0.3 is 9.64 Å². The van der Waals surface area contributed by atoms with Gasteiger partial charge >= 0.3 is 0 Å². The Morgan fingerprint density at radius 3 is 2.91 bits per heavy atom. The number of likely N-dealkylation sites (tertiary alicyclic amines) is 1. The maximum Gasteiger partial charge on any atom is 0.247 e. The topological polar surface area (TPSA) is 78.1 Å². The van der Waals surface area contributed by atoms with Crippen LogP contribution in [-0.2, 0) is 11.8 Å². The van der Waals surface area contributed by atoms with E-state index in [1.807, 2.05) is 25.8 Å². The molecule has 2 aromatic rings. The minimum atomic E-state index is -0.374. The molecule has 1 amide bonds. The molecule has 0 radical (unpaired) electrons. The number of carbonyl (C=O) groups is 1. The van der Waals surface area contributed by atoms with Crippen molar-refractivity contribution in [2.24, 2.45) is 7.05 Å². The first-order chi connectivity index (χ1) is 11.0. The fourth-order valence-electron chi connectivity index (χ4n) is 3.38. The van der Waals surface area contributed by atoms with Gasteiger partial charge in [0.15, 0.2) is 0 Å². The summed E-state index contributed by atoms with van der Waals surface area (Å²) in [6, 6.07) is -0.377. The summed E-state index contributed by atoms with van der Waals surface area (Å²) in [7, 11) is 3.49. The lowest BCUT2D eigenvalue weighted by Gasteiger charge is -2.27. The van der Waals surface area contributed by atoms with Crippen LogP contribution in [0.5, 0.6) is 5.88 Å². The van der Waals surface area contributed by atoms with E-state index in [0.29, 0.717) is 0 Å². The lowest BCUT2D eigenvalue weighted by molar-refractivity contribution is -0.135. The minimum Gasteiger partial charge on any atom is -0.481 e. The Hall–Kier alpha value is -2.38. The molecule has 3 rings (SSSR count). The first kappa shape index (κ1) is 15.5. The number of aryl methyl sites for hydroxylation is 2. The van der Waals surface area contributed by atoms with Crippen LogP contribution >= 0.6 is 0 Å². The van der Waals surface area contributed by atoms with Crippen molar-refractivity contribution in [1.29, 1.82) is 0 Å². The van der Waals surface area contributed by atoms with Gasteiger partial charge in [-0.2, -0.15) is 10.2 Å². The van der Waals surface area contributed by atoms with Gasteiger partial charge in [0.25, 0.3) is 0 Å². The molecular weight excluding hydrogens is 296 g/mol. The lowest BCUT2D eigenvalue weighted by Crippen LogP contribution is -2.36. The molecule has 8 heteroatoms. The summed E-state index contributed by atoms with van der Waals surface area (Å²) in [5.74, 6) is 0.768. The summed E-state index contributed by atoms with van der Waals surface area (Å²) < 4.78 is 8.82. The van der Waals surface area contributed by atoms with Crippen molar-refractivity contribution >= 4 is 5.91 Å². The Balaban J connectivity index is 1.90. The van der Waals surface area contributed by atoms with E-state index in [0.717, 1.165) is 36.5 Å². The molecule has 0 unspecified atom stereocenters. The van der Waals surface area contributed by atoms with Crippen LogP contribution in [0.3, 0.4) is 0 Å². The highest BCUT2D eigenvalue weighted by atomic mass is 16.5. The number of carbonyl (C=O) groups excluding carboxylic acids is 1. The largest absolute Gasteiger partial charge is 0.481 e. The predicted octanol–water partition coefficient (Wildman–Crippen LogP) is 1.25. The molecule has 23 heavy (non-hydrogen) atoms. The third-order valence-corrected chi connectivity index (χ3v) is 4.47. The van der Waals surface area contributed by atoms with E-state index in [-0.39, 0.29) is 18.0 Å². The number of aromatic nitrogens is 5. The van der Waals surface area contributed by atoms with Crippen molar-refractivity contribution in [3.8, 4) is 5.88 Å². The smallest absolute Gasteiger partial charge is 0.247 e. The Kier molecular flexibility index (Phi) is 4.06. The van der Waals surface area contributed by atoms with E-state index in [1.54, 1.807) is 22.8 Å². The molecule has 0 aliphatic carbocycles. The van der Waals surface area contributed by atoms with Gasteiger partial charge in [0, 0.05) is 13.6 Å². The van der Waals surface area contributed by atoms with E-state index >= 15 is 0 Å². The molecule has 0 N–H and O–H groups in total. The number of nitrogens with zero attached hydrogens (tertiary/aromatic N) is 6. The third-order valence-electron chi connectivity index (χ3n) is 4.47. The second-order valence-corrected chi connectivity index (χ2v) is 5.87. The Morgan fingerprint density at radius 1 is 1.48 bits per heavy atom. The van der Waals surface area contributed by atoms with Crippen LogP contribution in [0, 0.1) is 6.92 Å². The average molecular weight is 318 g/mol. The maximum absolute atomic E-state index is 12.9. The molecule has 0 spiro atoms. The van der Waals surface area contributed by atoms with Gasteiger partial charge in [-0.3, -0.25) is 4.79 Å². The van der Waals surface area contributed by atoms with Gasteiger partial charge in [0.1, 0.15) is 18.7 Å². The predicted molar refractivity (Wildman–Crippen MR) is 82.9 cm³/mol. The maximum atomic E-state index is 12.9. The minimum absolute atomic E-state index is 0.00267. The van der Waals surface area contributed by atoms with E-state index in [4.69, 9.17) is 4.74 Å². The van der Waals surface area contributed by atoms with E-state index in [9.17, 15) is 4.79 Å². The van der Waals surface area contributed by atoms with Gasteiger partial charge in [-0.1, -0.05) is 0 Å². The Morgan fingerprint density at radius 2 is 2.26 bits per heavy atom. The van der Waals surface area contributed by atoms with Crippen LogP contribution in [0.1, 0.15) is 43.1 Å². The van der Waals surface area contributed by atoms with Crippen molar-refractivity contribution in [3.05, 3.63) is 23.9 Å². The van der Waals surface area contributed by atoms with Crippen LogP contribution in [-0.4, -0.2) is 49.0 Å². The van der Waals surface area contributed by atoms with Crippen molar-refractivity contribution in [2.75, 3.05) is 13.7 Å². The fourth-order valence-corrected chi connectivity index (χ4v) is 3.38. The van der Waals surface area contributed by atoms with Gasteiger partial charge in [-0.05, 0) is 26.7 Å². The summed E-state index contributed by atoms with van der Waals surface area (Å²) >= 11 is 0. The van der Waals surface area contributed by atoms with Crippen LogP contribution in [0.4, 0.5) is 0 Å². The zero-order chi connectivity index (χ0) is 16.6. The number of hydrogen-bond acceptors (Lipinski definition) is 5. The quantitative estimate of drug-likeness (QED) is 0.848. The standard InChI is InChI=1S/C15H22N6O2/c1-10-13(15(23-4)19(3)18-10)12-6-5-7-20(12)14(22)11(2)21-9-16-8-17-21/h8-9,11-12H,5-7H2,1-4H3/t11-,12-/m1/s1. The number of methoxy groups -OCH3 is 1. The summed E-state index contributed by atoms with van der Waals surface area (Å²) in [5.41, 5.74) is 1.91. The van der Waals surface area contributed by atoms with Crippen molar-refractivity contribution in [1.82, 2.24) is 29.4 Å². The normalized spacial score (nSPS) is 19.1. The SMILES string of the molecule is COc1c([C@H]2CCCN2C(=O)[C@@H](C)n2cncn2)c(C)nn1C. The van der Waals surface area contributed by atoms with Crippen LogP contribution in [0.15, 0.2) is 12.7 Å². The van der Waals surface area contributed by atoms with E-state index in [1.165, 1.54) is 6.33 Å². The molecule has 1 aliphatic rings. The highest BCUT2D eigenvalue weighted by Crippen LogP contribution is 2.39. The van der Waals surface area contributed by atoms with Gasteiger partial charge in [-0.15, -0.1) is 0 Å². The molecule has 0 aromatic carbocycles. The van der Waals surface area contributed by atoms with Gasteiger partial charge in [0.2, 0.25) is 11.8 Å². The number of hydrogen-bond donors (Lipinski definition) is 0. The zero-order valence-electron chi connectivity index (χ0n) is 13.9. The third kappa shape index (κ3) is 2.58. The lowest BCUT2D eigenvalue weighted by atomic mass is 10.0. The molecule has 1 fully saturated rings. The highest BCUT2D eigenvalue weighted by Gasteiger charge is 2.37. The van der Waals surface area contributed by atoms with Gasteiger partial charge in [-0.25, -0.2) is 14.3 Å². The molecule has 0 saturated carbocycles. The number of rotatable bonds is 4. The van der Waals surface area contributed by atoms with Crippen LogP contribution < -0.4 is 4.74 Å². The molecular formula is C15H22N6O2. The Labute approximate surface area is 135 Å². The van der Waals surface area contributed by atoms with E-state index < -0.39 is 0 Å². The second-order valence-electron chi connectivity index (χ2n) is 5.87. The molecule has 1 saturated heterocycles. The first-order valence-corrected chi connectivity index (χ1v) is 7.76. The monoisotopic (exact) mass is 318 g/mol. The molecule has 8 nitrogen and oxygen atoms in total. The van der Waals surface area contributed by atoms with Crippen molar-refractivity contribution in [2.45, 2.75) is 38.8 Å². The zero-order valence-corrected chi connectivity index (χ0v) is 13.9. The fraction of sp³-hybridized carbons (Fsp3) is 0.600. The van der Waals surface area contributed by atoms with Crippen molar-refractivity contribution in [3.63, 3.8) is 0 Å². The number of amides is 1. The second kappa shape index (κ2) is 6.02. The van der Waals surface area contributed by atoms with Crippen molar-refractivity contribution < 1.29 is 9.53 Å².